The minimum absolute atomic E-state index is 0.00292. The van der Waals surface area contributed by atoms with Crippen molar-refractivity contribution in [3.63, 3.8) is 0 Å². The van der Waals surface area contributed by atoms with Crippen LogP contribution in [0.2, 0.25) is 0 Å². The summed E-state index contributed by atoms with van der Waals surface area (Å²) in [5.74, 6) is 0.758. The molecular weight excluding hydrogens is 380 g/mol. The van der Waals surface area contributed by atoms with Gasteiger partial charge in [-0.25, -0.2) is 4.98 Å². The van der Waals surface area contributed by atoms with Crippen LogP contribution in [0.25, 0.3) is 6.08 Å². The monoisotopic (exact) mass is 412 g/mol. The molecule has 3 aliphatic rings. The molecule has 0 radical (unpaired) electrons. The first kappa shape index (κ1) is 21.0. The van der Waals surface area contributed by atoms with Crippen molar-refractivity contribution in [1.29, 1.82) is 0 Å². The molecule has 0 aromatic carbocycles. The highest BCUT2D eigenvalue weighted by Crippen LogP contribution is 2.40. The van der Waals surface area contributed by atoms with Crippen molar-refractivity contribution < 1.29 is 14.3 Å². The fraction of sp³-hybridized carbons (Fsp3) is 0.609. The summed E-state index contributed by atoms with van der Waals surface area (Å²) < 4.78 is 5.73. The van der Waals surface area contributed by atoms with Crippen LogP contribution < -0.4 is 5.32 Å². The minimum atomic E-state index is -0.330. The van der Waals surface area contributed by atoms with E-state index in [4.69, 9.17) is 4.74 Å². The van der Waals surface area contributed by atoms with E-state index in [1.165, 1.54) is 0 Å². The summed E-state index contributed by atoms with van der Waals surface area (Å²) in [5, 5.41) is 3.01. The van der Waals surface area contributed by atoms with Crippen molar-refractivity contribution in [2.24, 2.45) is 5.41 Å². The number of piperidine rings is 1. The van der Waals surface area contributed by atoms with E-state index in [0.717, 1.165) is 56.5 Å². The summed E-state index contributed by atoms with van der Waals surface area (Å²) in [4.78, 5) is 33.6. The summed E-state index contributed by atoms with van der Waals surface area (Å²) >= 11 is 0. The average Bonchev–Trinajstić information content (AvgIpc) is 2.71. The Kier molecular flexibility index (Phi) is 6.20. The molecule has 1 N–H and O–H groups in total. The Morgan fingerprint density at radius 3 is 2.87 bits per heavy atom. The van der Waals surface area contributed by atoms with Gasteiger partial charge in [0.2, 0.25) is 11.8 Å². The Bertz CT molecular complexity index is 824. The first-order valence-corrected chi connectivity index (χ1v) is 11.1. The number of rotatable bonds is 6. The van der Waals surface area contributed by atoms with Crippen molar-refractivity contribution >= 4 is 23.7 Å². The highest BCUT2D eigenvalue weighted by atomic mass is 16.5. The van der Waals surface area contributed by atoms with Gasteiger partial charge >= 0.3 is 0 Å². The molecule has 4 rings (SSSR count). The Morgan fingerprint density at radius 1 is 1.37 bits per heavy atom. The number of hydrogen-bond donors (Lipinski definition) is 1. The number of nitrogens with one attached hydrogen (secondary N) is 1. The normalized spacial score (nSPS) is 21.5. The Labute approximate surface area is 178 Å². The zero-order valence-corrected chi connectivity index (χ0v) is 18.0. The fourth-order valence-corrected chi connectivity index (χ4v) is 4.39. The molecule has 4 heterocycles. The summed E-state index contributed by atoms with van der Waals surface area (Å²) in [5.41, 5.74) is 1.61. The van der Waals surface area contributed by atoms with Crippen molar-refractivity contribution in [2.75, 3.05) is 45.2 Å². The molecule has 0 atom stereocenters. The van der Waals surface area contributed by atoms with Gasteiger partial charge in [0.25, 0.3) is 0 Å². The van der Waals surface area contributed by atoms with E-state index in [9.17, 15) is 9.59 Å². The maximum atomic E-state index is 12.7. The van der Waals surface area contributed by atoms with Crippen LogP contribution in [0.15, 0.2) is 18.3 Å². The molecule has 2 saturated heterocycles. The summed E-state index contributed by atoms with van der Waals surface area (Å²) in [6.45, 7) is 6.11. The second kappa shape index (κ2) is 8.86. The highest BCUT2D eigenvalue weighted by molar-refractivity contribution is 5.98. The van der Waals surface area contributed by atoms with Crippen LogP contribution in [0.5, 0.6) is 0 Å². The van der Waals surface area contributed by atoms with Crippen LogP contribution in [-0.2, 0) is 20.7 Å². The van der Waals surface area contributed by atoms with Gasteiger partial charge in [0.1, 0.15) is 5.82 Å². The molecule has 1 aromatic rings. The molecule has 30 heavy (non-hydrogen) atoms. The minimum Gasteiger partial charge on any atom is -0.375 e. The maximum absolute atomic E-state index is 12.7. The molecule has 0 saturated carbocycles. The third-order valence-corrected chi connectivity index (χ3v) is 6.60. The lowest BCUT2D eigenvalue weighted by Gasteiger charge is -2.42. The largest absolute Gasteiger partial charge is 0.375 e. The maximum Gasteiger partial charge on any atom is 0.246 e. The van der Waals surface area contributed by atoms with Crippen molar-refractivity contribution in [3.8, 4) is 0 Å². The lowest BCUT2D eigenvalue weighted by atomic mass is 9.71. The van der Waals surface area contributed by atoms with Crippen LogP contribution in [0.4, 0.5) is 5.82 Å². The number of ether oxygens (including phenoxy) is 1. The van der Waals surface area contributed by atoms with Gasteiger partial charge in [-0.3, -0.25) is 9.59 Å². The van der Waals surface area contributed by atoms with E-state index in [1.54, 1.807) is 17.2 Å². The van der Waals surface area contributed by atoms with E-state index in [2.05, 4.69) is 35.2 Å². The van der Waals surface area contributed by atoms with Crippen molar-refractivity contribution in [1.82, 2.24) is 14.8 Å². The van der Waals surface area contributed by atoms with Gasteiger partial charge in [-0.1, -0.05) is 13.3 Å². The van der Waals surface area contributed by atoms with Gasteiger partial charge in [-0.2, -0.15) is 0 Å². The van der Waals surface area contributed by atoms with E-state index >= 15 is 0 Å². The lowest BCUT2D eigenvalue weighted by Crippen LogP contribution is -2.54. The predicted octanol–water partition coefficient (Wildman–Crippen LogP) is 2.33. The third kappa shape index (κ3) is 4.42. The Morgan fingerprint density at radius 2 is 2.13 bits per heavy atom. The number of unbranched alkanes of at least 4 members (excludes halogenated alkanes) is 1. The molecule has 1 spiro atoms. The highest BCUT2D eigenvalue weighted by Gasteiger charge is 2.44. The van der Waals surface area contributed by atoms with Crippen LogP contribution in [0, 0.1) is 5.41 Å². The summed E-state index contributed by atoms with van der Waals surface area (Å²) in [7, 11) is 2.10. The number of aromatic nitrogens is 1. The first-order chi connectivity index (χ1) is 14.5. The molecule has 162 valence electrons. The lowest BCUT2D eigenvalue weighted by molar-refractivity contribution is -0.139. The van der Waals surface area contributed by atoms with E-state index in [1.807, 2.05) is 6.08 Å². The van der Waals surface area contributed by atoms with Gasteiger partial charge < -0.3 is 19.9 Å². The number of fused-ring (bicyclic) bond motifs is 1. The number of nitrogens with zero attached hydrogens (tertiary/aromatic N) is 3. The fourth-order valence-electron chi connectivity index (χ4n) is 4.39. The summed E-state index contributed by atoms with van der Waals surface area (Å²) in [6, 6.07) is 2.05. The second-order valence-electron chi connectivity index (χ2n) is 8.91. The zero-order valence-electron chi connectivity index (χ0n) is 18.0. The van der Waals surface area contributed by atoms with E-state index in [-0.39, 0.29) is 23.3 Å². The van der Waals surface area contributed by atoms with Crippen molar-refractivity contribution in [3.05, 3.63) is 29.5 Å². The molecule has 1 aromatic heterocycles. The molecule has 0 aliphatic carbocycles. The summed E-state index contributed by atoms with van der Waals surface area (Å²) in [6.07, 6.45) is 9.94. The molecular formula is C23H32N4O3. The van der Waals surface area contributed by atoms with Gasteiger partial charge in [0, 0.05) is 32.0 Å². The topological polar surface area (TPSA) is 74.8 Å². The molecule has 2 fully saturated rings. The molecule has 0 unspecified atom stereocenters. The van der Waals surface area contributed by atoms with Gasteiger partial charge in [0.05, 0.1) is 11.5 Å². The van der Waals surface area contributed by atoms with Gasteiger partial charge in [-0.05, 0) is 69.1 Å². The standard InChI is InChI=1S/C23H32N4O3/c1-3-4-11-30-19-15-27(16-19)20(28)6-5-17-12-18-13-23(7-9-26(2)10-8-23)22(29)25-21(18)24-14-17/h5-6,12,14,19H,3-4,7-11,13,15-16H2,1-2H3,(H,24,25,29). The number of carbonyl (C=O) groups is 2. The molecule has 2 amide bonds. The number of carbonyl (C=O) groups excluding carboxylic acids is 2. The molecule has 7 nitrogen and oxygen atoms in total. The van der Waals surface area contributed by atoms with Crippen LogP contribution >= 0.6 is 0 Å². The Hall–Kier alpha value is -2.25. The Balaban J connectivity index is 1.36. The van der Waals surface area contributed by atoms with Crippen LogP contribution in [0.3, 0.4) is 0 Å². The van der Waals surface area contributed by atoms with Crippen LogP contribution in [0.1, 0.15) is 43.7 Å². The van der Waals surface area contributed by atoms with E-state index < -0.39 is 0 Å². The third-order valence-electron chi connectivity index (χ3n) is 6.60. The zero-order chi connectivity index (χ0) is 21.1. The predicted molar refractivity (Wildman–Crippen MR) is 116 cm³/mol. The smallest absolute Gasteiger partial charge is 0.246 e. The van der Waals surface area contributed by atoms with Crippen LogP contribution in [-0.4, -0.2) is 72.5 Å². The molecule has 3 aliphatic heterocycles. The molecule has 0 bridgehead atoms. The SMILES string of the molecule is CCCCOC1CN(C(=O)C=Cc2cnc3c(c2)CC2(CCN(C)CC2)C(=O)N3)C1. The number of anilines is 1. The first-order valence-electron chi connectivity index (χ1n) is 11.1. The van der Waals surface area contributed by atoms with Gasteiger partial charge in [-0.15, -0.1) is 0 Å². The number of pyridine rings is 1. The number of amides is 2. The molecule has 7 heteroatoms. The number of hydrogen-bond acceptors (Lipinski definition) is 5. The van der Waals surface area contributed by atoms with Crippen molar-refractivity contribution in [2.45, 2.75) is 45.1 Å². The van der Waals surface area contributed by atoms with E-state index in [0.29, 0.717) is 25.3 Å². The van der Waals surface area contributed by atoms with Gasteiger partial charge in [0.15, 0.2) is 0 Å². The second-order valence-corrected chi connectivity index (χ2v) is 8.91. The number of likely N-dealkylation sites (tertiary alicyclic amines) is 2. The average molecular weight is 413 g/mol. The quantitative estimate of drug-likeness (QED) is 0.573.